The summed E-state index contributed by atoms with van der Waals surface area (Å²) in [5.41, 5.74) is -4.92. The van der Waals surface area contributed by atoms with Crippen LogP contribution in [0.1, 0.15) is 10.4 Å². The molecule has 2 nitrogen and oxygen atoms in total. The van der Waals surface area contributed by atoms with Gasteiger partial charge in [0, 0.05) is 12.3 Å². The first-order valence-electron chi connectivity index (χ1n) is 4.74. The van der Waals surface area contributed by atoms with Crippen molar-refractivity contribution in [1.82, 2.24) is 5.32 Å². The Bertz CT molecular complexity index is 435. The van der Waals surface area contributed by atoms with Crippen molar-refractivity contribution in [2.24, 2.45) is 0 Å². The van der Waals surface area contributed by atoms with E-state index in [-0.39, 0.29) is 18.3 Å². The molecule has 1 N–H and O–H groups in total. The number of thioether (sulfide) groups is 1. The summed E-state index contributed by atoms with van der Waals surface area (Å²) in [4.78, 5) is 11.3. The maximum atomic E-state index is 13.1. The van der Waals surface area contributed by atoms with Crippen molar-refractivity contribution in [2.45, 2.75) is 5.51 Å². The number of amides is 1. The van der Waals surface area contributed by atoms with Gasteiger partial charge in [0.15, 0.2) is 11.6 Å². The zero-order chi connectivity index (χ0) is 13.8. The lowest BCUT2D eigenvalue weighted by Gasteiger charge is -2.07. The summed E-state index contributed by atoms with van der Waals surface area (Å²) in [5, 5.41) is 2.07. The van der Waals surface area contributed by atoms with Crippen LogP contribution >= 0.6 is 11.8 Å². The molecule has 1 rings (SSSR count). The third kappa shape index (κ3) is 4.52. The van der Waals surface area contributed by atoms with E-state index in [1.807, 2.05) is 0 Å². The van der Waals surface area contributed by atoms with Crippen molar-refractivity contribution in [2.75, 3.05) is 12.3 Å². The summed E-state index contributed by atoms with van der Waals surface area (Å²) >= 11 is -0.304. The minimum Gasteiger partial charge on any atom is -0.351 e. The molecule has 0 radical (unpaired) electrons. The SMILES string of the molecule is O=C(NCCSC(F)(F)F)c1cccc(F)c1F. The monoisotopic (exact) mass is 285 g/mol. The van der Waals surface area contributed by atoms with Crippen molar-refractivity contribution in [3.63, 3.8) is 0 Å². The van der Waals surface area contributed by atoms with Gasteiger partial charge >= 0.3 is 5.51 Å². The second-order valence-corrected chi connectivity index (χ2v) is 4.31. The molecule has 0 spiro atoms. The number of hydrogen-bond donors (Lipinski definition) is 1. The smallest absolute Gasteiger partial charge is 0.351 e. The zero-order valence-corrected chi connectivity index (χ0v) is 9.67. The Balaban J connectivity index is 2.49. The lowest BCUT2D eigenvalue weighted by atomic mass is 10.2. The standard InChI is InChI=1S/C10H8F5NOS/c11-7-3-1-2-6(8(7)12)9(17)16-4-5-18-10(13,14)15/h1-3H,4-5H2,(H,16,17). The molecular weight excluding hydrogens is 277 g/mol. The number of alkyl halides is 3. The second kappa shape index (κ2) is 6.03. The van der Waals surface area contributed by atoms with E-state index < -0.39 is 34.4 Å². The van der Waals surface area contributed by atoms with Gasteiger partial charge in [-0.15, -0.1) is 0 Å². The van der Waals surface area contributed by atoms with Gasteiger partial charge in [-0.1, -0.05) is 6.07 Å². The van der Waals surface area contributed by atoms with Crippen LogP contribution in [0.3, 0.4) is 0 Å². The van der Waals surface area contributed by atoms with Crippen LogP contribution in [0.15, 0.2) is 18.2 Å². The highest BCUT2D eigenvalue weighted by atomic mass is 32.2. The molecule has 18 heavy (non-hydrogen) atoms. The highest BCUT2D eigenvalue weighted by molar-refractivity contribution is 8.00. The number of hydrogen-bond acceptors (Lipinski definition) is 2. The van der Waals surface area contributed by atoms with E-state index in [0.717, 1.165) is 18.2 Å². The van der Waals surface area contributed by atoms with Crippen molar-refractivity contribution in [3.8, 4) is 0 Å². The molecule has 0 saturated heterocycles. The van der Waals surface area contributed by atoms with Gasteiger partial charge < -0.3 is 5.32 Å². The largest absolute Gasteiger partial charge is 0.441 e. The van der Waals surface area contributed by atoms with E-state index in [1.54, 1.807) is 0 Å². The van der Waals surface area contributed by atoms with Crippen LogP contribution in [0.25, 0.3) is 0 Å². The third-order valence-electron chi connectivity index (χ3n) is 1.85. The lowest BCUT2D eigenvalue weighted by molar-refractivity contribution is -0.0327. The van der Waals surface area contributed by atoms with Crippen molar-refractivity contribution in [1.29, 1.82) is 0 Å². The number of rotatable bonds is 4. The average Bonchev–Trinajstić information content (AvgIpc) is 2.26. The number of carbonyl (C=O) groups is 1. The molecule has 0 aliphatic carbocycles. The van der Waals surface area contributed by atoms with E-state index >= 15 is 0 Å². The quantitative estimate of drug-likeness (QED) is 0.680. The molecule has 8 heteroatoms. The van der Waals surface area contributed by atoms with E-state index in [0.29, 0.717) is 0 Å². The number of halogens is 5. The van der Waals surface area contributed by atoms with Gasteiger partial charge in [-0.2, -0.15) is 13.2 Å². The van der Waals surface area contributed by atoms with E-state index in [9.17, 15) is 26.7 Å². The Morgan fingerprint density at radius 2 is 1.94 bits per heavy atom. The molecule has 0 aromatic heterocycles. The summed E-state index contributed by atoms with van der Waals surface area (Å²) in [5.74, 6) is -3.85. The van der Waals surface area contributed by atoms with Crippen LogP contribution in [-0.4, -0.2) is 23.7 Å². The first-order chi connectivity index (χ1) is 8.31. The van der Waals surface area contributed by atoms with Crippen LogP contribution in [0.5, 0.6) is 0 Å². The maximum Gasteiger partial charge on any atom is 0.441 e. The maximum absolute atomic E-state index is 13.1. The van der Waals surface area contributed by atoms with Crippen molar-refractivity contribution >= 4 is 17.7 Å². The molecule has 0 atom stereocenters. The van der Waals surface area contributed by atoms with Gasteiger partial charge in [0.1, 0.15) is 0 Å². The normalized spacial score (nSPS) is 11.4. The molecule has 0 aliphatic rings. The van der Waals surface area contributed by atoms with E-state index in [2.05, 4.69) is 5.32 Å². The molecule has 0 fully saturated rings. The first-order valence-corrected chi connectivity index (χ1v) is 5.73. The lowest BCUT2D eigenvalue weighted by Crippen LogP contribution is -2.27. The predicted molar refractivity (Wildman–Crippen MR) is 57.2 cm³/mol. The Morgan fingerprint density at radius 1 is 1.28 bits per heavy atom. The molecule has 0 aliphatic heterocycles. The fraction of sp³-hybridized carbons (Fsp3) is 0.300. The Morgan fingerprint density at radius 3 is 2.56 bits per heavy atom. The van der Waals surface area contributed by atoms with Crippen LogP contribution in [-0.2, 0) is 0 Å². The number of nitrogens with one attached hydrogen (secondary N) is 1. The Hall–Kier alpha value is -1.31. The Labute approximate surface area is 104 Å². The molecular formula is C10H8F5NOS. The molecule has 0 bridgehead atoms. The topological polar surface area (TPSA) is 29.1 Å². The molecule has 0 unspecified atom stereocenters. The highest BCUT2D eigenvalue weighted by Crippen LogP contribution is 2.29. The van der Waals surface area contributed by atoms with Gasteiger partial charge in [0.05, 0.1) is 5.56 Å². The fourth-order valence-corrected chi connectivity index (χ4v) is 1.54. The highest BCUT2D eigenvalue weighted by Gasteiger charge is 2.27. The first kappa shape index (κ1) is 14.7. The molecule has 0 saturated carbocycles. The summed E-state index contributed by atoms with van der Waals surface area (Å²) in [6, 6.07) is 3.02. The fourth-order valence-electron chi connectivity index (χ4n) is 1.11. The predicted octanol–water partition coefficient (Wildman–Crippen LogP) is 2.95. The van der Waals surface area contributed by atoms with Crippen LogP contribution in [0.4, 0.5) is 22.0 Å². The van der Waals surface area contributed by atoms with Gasteiger partial charge in [0.2, 0.25) is 0 Å². The minimum absolute atomic E-state index is 0.293. The molecule has 1 aromatic carbocycles. The average molecular weight is 285 g/mol. The van der Waals surface area contributed by atoms with Crippen LogP contribution in [0, 0.1) is 11.6 Å². The van der Waals surface area contributed by atoms with Gasteiger partial charge in [0.25, 0.3) is 5.91 Å². The molecule has 0 heterocycles. The van der Waals surface area contributed by atoms with Gasteiger partial charge in [-0.05, 0) is 23.9 Å². The summed E-state index contributed by atoms with van der Waals surface area (Å²) in [6.45, 7) is -0.293. The van der Waals surface area contributed by atoms with E-state index in [4.69, 9.17) is 0 Å². The van der Waals surface area contributed by atoms with Crippen molar-refractivity contribution in [3.05, 3.63) is 35.4 Å². The summed E-state index contributed by atoms with van der Waals surface area (Å²) < 4.78 is 61.2. The number of benzene rings is 1. The number of carbonyl (C=O) groups excluding carboxylic acids is 1. The van der Waals surface area contributed by atoms with Crippen LogP contribution < -0.4 is 5.32 Å². The molecule has 100 valence electrons. The zero-order valence-electron chi connectivity index (χ0n) is 8.85. The van der Waals surface area contributed by atoms with Gasteiger partial charge in [-0.3, -0.25) is 4.79 Å². The summed E-state index contributed by atoms with van der Waals surface area (Å²) in [7, 11) is 0. The second-order valence-electron chi connectivity index (χ2n) is 3.15. The van der Waals surface area contributed by atoms with Crippen molar-refractivity contribution < 1.29 is 26.7 Å². The van der Waals surface area contributed by atoms with Crippen LogP contribution in [0.2, 0.25) is 0 Å². The molecule has 1 amide bonds. The molecule has 1 aromatic rings. The van der Waals surface area contributed by atoms with E-state index in [1.165, 1.54) is 0 Å². The van der Waals surface area contributed by atoms with Gasteiger partial charge in [-0.25, -0.2) is 8.78 Å². The summed E-state index contributed by atoms with van der Waals surface area (Å²) in [6.07, 6.45) is 0. The minimum atomic E-state index is -4.38. The Kier molecular flexibility index (Phi) is 4.94. The third-order valence-corrected chi connectivity index (χ3v) is 2.59.